The highest BCUT2D eigenvalue weighted by molar-refractivity contribution is 6.31. The maximum atomic E-state index is 6.36. The molecule has 4 nitrogen and oxygen atoms in total. The fourth-order valence-electron chi connectivity index (χ4n) is 2.00. The molecule has 6 heteroatoms. The zero-order chi connectivity index (χ0) is 14.0. The van der Waals surface area contributed by atoms with Crippen molar-refractivity contribution < 1.29 is 0 Å². The maximum absolute atomic E-state index is 6.36. The van der Waals surface area contributed by atoms with E-state index < -0.39 is 0 Å². The smallest absolute Gasteiger partial charge is 0.159 e. The fourth-order valence-corrected chi connectivity index (χ4v) is 2.65. The molecule has 2 aromatic heterocycles. The van der Waals surface area contributed by atoms with Gasteiger partial charge in [0.1, 0.15) is 11.0 Å². The van der Waals surface area contributed by atoms with E-state index in [0.717, 1.165) is 29.8 Å². The van der Waals surface area contributed by atoms with Crippen molar-refractivity contribution in [1.82, 2.24) is 19.7 Å². The minimum Gasteiger partial charge on any atom is -0.238 e. The molecule has 0 aromatic carbocycles. The molecule has 0 N–H and O–H groups in total. The van der Waals surface area contributed by atoms with Crippen LogP contribution in [-0.4, -0.2) is 19.7 Å². The van der Waals surface area contributed by atoms with Gasteiger partial charge in [0, 0.05) is 17.3 Å². The molecule has 0 aliphatic rings. The molecule has 0 aliphatic heterocycles. The Morgan fingerprint density at radius 3 is 2.58 bits per heavy atom. The van der Waals surface area contributed by atoms with E-state index in [0.29, 0.717) is 22.7 Å². The summed E-state index contributed by atoms with van der Waals surface area (Å²) in [5, 5.41) is 5.07. The number of aromatic nitrogens is 4. The lowest BCUT2D eigenvalue weighted by Gasteiger charge is -2.04. The molecule has 102 valence electrons. The first-order chi connectivity index (χ1) is 9.06. The topological polar surface area (TPSA) is 43.6 Å². The normalized spacial score (nSPS) is 11.0. The molecular formula is C13H16Cl2N4. The molecule has 2 rings (SSSR count). The summed E-state index contributed by atoms with van der Waals surface area (Å²) in [6.45, 7) is 5.87. The van der Waals surface area contributed by atoms with E-state index in [1.807, 2.05) is 19.9 Å². The highest BCUT2D eigenvalue weighted by Crippen LogP contribution is 2.25. The standard InChI is InChI=1S/C13H16Cl2N4/c1-4-5-11-10(7-14)13(15)19(18-11)12-6-8(2)16-9(3)17-12/h6H,4-5,7H2,1-3H3. The number of hydrogen-bond acceptors (Lipinski definition) is 3. The van der Waals surface area contributed by atoms with Crippen LogP contribution >= 0.6 is 23.2 Å². The Morgan fingerprint density at radius 2 is 2.00 bits per heavy atom. The number of rotatable bonds is 4. The third-order valence-electron chi connectivity index (χ3n) is 2.79. The van der Waals surface area contributed by atoms with Crippen LogP contribution in [0.25, 0.3) is 5.82 Å². The third kappa shape index (κ3) is 2.90. The van der Waals surface area contributed by atoms with Crippen LogP contribution in [0.15, 0.2) is 6.07 Å². The Balaban J connectivity index is 2.55. The van der Waals surface area contributed by atoms with Crippen molar-refractivity contribution in [3.05, 3.63) is 34.0 Å². The quantitative estimate of drug-likeness (QED) is 0.810. The van der Waals surface area contributed by atoms with Crippen LogP contribution in [0.4, 0.5) is 0 Å². The van der Waals surface area contributed by atoms with Gasteiger partial charge in [0.2, 0.25) is 0 Å². The van der Waals surface area contributed by atoms with Gasteiger partial charge < -0.3 is 0 Å². The van der Waals surface area contributed by atoms with Gasteiger partial charge in [-0.3, -0.25) is 0 Å². The average Bonchev–Trinajstić information content (AvgIpc) is 2.65. The number of aryl methyl sites for hydroxylation is 3. The van der Waals surface area contributed by atoms with E-state index in [1.54, 1.807) is 4.68 Å². The summed E-state index contributed by atoms with van der Waals surface area (Å²) < 4.78 is 1.64. The molecule has 0 bridgehead atoms. The van der Waals surface area contributed by atoms with Crippen molar-refractivity contribution in [2.75, 3.05) is 0 Å². The van der Waals surface area contributed by atoms with Gasteiger partial charge in [-0.25, -0.2) is 14.6 Å². The summed E-state index contributed by atoms with van der Waals surface area (Å²) in [5.74, 6) is 1.74. The van der Waals surface area contributed by atoms with Gasteiger partial charge >= 0.3 is 0 Å². The Kier molecular flexibility index (Phi) is 4.42. The molecule has 0 amide bonds. The average molecular weight is 299 g/mol. The summed E-state index contributed by atoms with van der Waals surface area (Å²) in [5.41, 5.74) is 2.72. The second kappa shape index (κ2) is 5.88. The Hall–Kier alpha value is -1.13. The number of hydrogen-bond donors (Lipinski definition) is 0. The summed E-state index contributed by atoms with van der Waals surface area (Å²) >= 11 is 12.3. The Labute approximate surface area is 122 Å². The molecule has 0 fully saturated rings. The molecule has 0 spiro atoms. The zero-order valence-corrected chi connectivity index (χ0v) is 12.8. The molecule has 2 heterocycles. The maximum Gasteiger partial charge on any atom is 0.159 e. The van der Waals surface area contributed by atoms with Gasteiger partial charge in [-0.15, -0.1) is 11.6 Å². The van der Waals surface area contributed by atoms with Crippen molar-refractivity contribution in [2.24, 2.45) is 0 Å². The van der Waals surface area contributed by atoms with Crippen molar-refractivity contribution >= 4 is 23.2 Å². The van der Waals surface area contributed by atoms with Gasteiger partial charge in [0.25, 0.3) is 0 Å². The van der Waals surface area contributed by atoms with E-state index in [-0.39, 0.29) is 0 Å². The minimum absolute atomic E-state index is 0.358. The molecule has 0 unspecified atom stereocenters. The van der Waals surface area contributed by atoms with Crippen LogP contribution in [0, 0.1) is 13.8 Å². The van der Waals surface area contributed by atoms with E-state index >= 15 is 0 Å². The Bertz CT molecular complexity index is 572. The lowest BCUT2D eigenvalue weighted by atomic mass is 10.2. The van der Waals surface area contributed by atoms with Crippen LogP contribution in [-0.2, 0) is 12.3 Å². The summed E-state index contributed by atoms with van der Waals surface area (Å²) in [7, 11) is 0. The lowest BCUT2D eigenvalue weighted by molar-refractivity contribution is 0.779. The lowest BCUT2D eigenvalue weighted by Crippen LogP contribution is -2.04. The second-order valence-corrected chi connectivity index (χ2v) is 5.05. The van der Waals surface area contributed by atoms with Crippen LogP contribution in [0.5, 0.6) is 0 Å². The van der Waals surface area contributed by atoms with Gasteiger partial charge in [0.15, 0.2) is 5.82 Å². The summed E-state index contributed by atoms with van der Waals surface area (Å²) in [4.78, 5) is 8.63. The zero-order valence-electron chi connectivity index (χ0n) is 11.2. The van der Waals surface area contributed by atoms with E-state index in [2.05, 4.69) is 22.0 Å². The third-order valence-corrected chi connectivity index (χ3v) is 3.45. The van der Waals surface area contributed by atoms with Crippen LogP contribution < -0.4 is 0 Å². The molecule has 0 atom stereocenters. The summed E-state index contributed by atoms with van der Waals surface area (Å²) in [6, 6.07) is 1.86. The molecule has 0 saturated heterocycles. The van der Waals surface area contributed by atoms with Gasteiger partial charge in [0.05, 0.1) is 11.6 Å². The monoisotopic (exact) mass is 298 g/mol. The molecule has 19 heavy (non-hydrogen) atoms. The first-order valence-electron chi connectivity index (χ1n) is 6.21. The highest BCUT2D eigenvalue weighted by Gasteiger charge is 2.17. The van der Waals surface area contributed by atoms with Crippen LogP contribution in [0.2, 0.25) is 5.15 Å². The first kappa shape index (κ1) is 14.3. The fraction of sp³-hybridized carbons (Fsp3) is 0.462. The van der Waals surface area contributed by atoms with E-state index in [1.165, 1.54) is 0 Å². The largest absolute Gasteiger partial charge is 0.238 e. The number of halogens is 2. The predicted molar refractivity (Wildman–Crippen MR) is 77.2 cm³/mol. The van der Waals surface area contributed by atoms with E-state index in [4.69, 9.17) is 23.2 Å². The van der Waals surface area contributed by atoms with Crippen molar-refractivity contribution in [3.63, 3.8) is 0 Å². The molecular weight excluding hydrogens is 283 g/mol. The number of alkyl halides is 1. The van der Waals surface area contributed by atoms with Crippen molar-refractivity contribution in [2.45, 2.75) is 39.5 Å². The Morgan fingerprint density at radius 1 is 1.26 bits per heavy atom. The van der Waals surface area contributed by atoms with Crippen molar-refractivity contribution in [3.8, 4) is 5.82 Å². The molecule has 0 aliphatic carbocycles. The van der Waals surface area contributed by atoms with Gasteiger partial charge in [-0.05, 0) is 20.3 Å². The number of nitrogens with zero attached hydrogens (tertiary/aromatic N) is 4. The van der Waals surface area contributed by atoms with Gasteiger partial charge in [-0.1, -0.05) is 24.9 Å². The second-order valence-electron chi connectivity index (χ2n) is 4.43. The van der Waals surface area contributed by atoms with Crippen molar-refractivity contribution in [1.29, 1.82) is 0 Å². The highest BCUT2D eigenvalue weighted by atomic mass is 35.5. The summed E-state index contributed by atoms with van der Waals surface area (Å²) in [6.07, 6.45) is 1.86. The predicted octanol–water partition coefficient (Wildman–Crippen LogP) is 3.62. The SMILES string of the molecule is CCCc1nn(-c2cc(C)nc(C)n2)c(Cl)c1CCl. The van der Waals surface area contributed by atoms with Gasteiger partial charge in [-0.2, -0.15) is 5.10 Å². The molecule has 0 radical (unpaired) electrons. The molecule has 2 aromatic rings. The van der Waals surface area contributed by atoms with E-state index in [9.17, 15) is 0 Å². The molecule has 0 saturated carbocycles. The van der Waals surface area contributed by atoms with Crippen LogP contribution in [0.1, 0.15) is 36.1 Å². The minimum atomic E-state index is 0.358. The first-order valence-corrected chi connectivity index (χ1v) is 7.13. The van der Waals surface area contributed by atoms with Crippen LogP contribution in [0.3, 0.4) is 0 Å².